The largest absolute Gasteiger partial charge is 0.486 e. The maximum absolute atomic E-state index is 12.9. The lowest BCUT2D eigenvalue weighted by molar-refractivity contribution is -0.121. The molecule has 0 saturated carbocycles. The number of hydrogen-bond acceptors (Lipinski definition) is 5. The molecule has 1 fully saturated rings. The molecule has 0 aliphatic carbocycles. The monoisotopic (exact) mass is 408 g/mol. The van der Waals surface area contributed by atoms with E-state index in [9.17, 15) is 9.59 Å². The van der Waals surface area contributed by atoms with Crippen LogP contribution in [0.3, 0.4) is 0 Å². The van der Waals surface area contributed by atoms with Crippen molar-refractivity contribution in [2.45, 2.75) is 32.4 Å². The van der Waals surface area contributed by atoms with Crippen molar-refractivity contribution < 1.29 is 18.7 Å². The van der Waals surface area contributed by atoms with Crippen LogP contribution in [0.4, 0.5) is 5.82 Å². The van der Waals surface area contributed by atoms with Gasteiger partial charge in [-0.05, 0) is 44.0 Å². The van der Waals surface area contributed by atoms with Crippen molar-refractivity contribution in [2.24, 2.45) is 7.05 Å². The van der Waals surface area contributed by atoms with Crippen molar-refractivity contribution in [1.29, 1.82) is 0 Å². The van der Waals surface area contributed by atoms with E-state index in [2.05, 4.69) is 10.4 Å². The van der Waals surface area contributed by atoms with Gasteiger partial charge in [-0.15, -0.1) is 0 Å². The number of aryl methyl sites for hydroxylation is 2. The Labute approximate surface area is 174 Å². The lowest BCUT2D eigenvalue weighted by atomic mass is 10.0. The summed E-state index contributed by atoms with van der Waals surface area (Å²) in [5, 5.41) is 7.11. The van der Waals surface area contributed by atoms with Gasteiger partial charge in [0.2, 0.25) is 0 Å². The number of carbonyl (C=O) groups is 2. The SMILES string of the molecule is Cc1cc(N2CCCC(NC(=O)c3ccc(COc4ccccc4)o3)C2=O)n(C)n1. The lowest BCUT2D eigenvalue weighted by Crippen LogP contribution is -2.52. The van der Waals surface area contributed by atoms with E-state index in [4.69, 9.17) is 9.15 Å². The molecule has 30 heavy (non-hydrogen) atoms. The minimum atomic E-state index is -0.601. The molecule has 3 aromatic rings. The van der Waals surface area contributed by atoms with E-state index >= 15 is 0 Å². The second-order valence-corrected chi connectivity index (χ2v) is 7.29. The van der Waals surface area contributed by atoms with Crippen LogP contribution in [0.25, 0.3) is 0 Å². The Kier molecular flexibility index (Phi) is 5.56. The van der Waals surface area contributed by atoms with E-state index < -0.39 is 11.9 Å². The smallest absolute Gasteiger partial charge is 0.287 e. The van der Waals surface area contributed by atoms with Crippen molar-refractivity contribution in [1.82, 2.24) is 15.1 Å². The molecule has 1 N–H and O–H groups in total. The van der Waals surface area contributed by atoms with E-state index in [0.29, 0.717) is 18.7 Å². The third-order valence-electron chi connectivity index (χ3n) is 5.01. The molecule has 1 atom stereocenters. The Morgan fingerprint density at radius 1 is 1.27 bits per heavy atom. The van der Waals surface area contributed by atoms with Crippen LogP contribution in [0.15, 0.2) is 52.9 Å². The highest BCUT2D eigenvalue weighted by molar-refractivity contribution is 6.01. The summed E-state index contributed by atoms with van der Waals surface area (Å²) in [6, 6.07) is 13.9. The van der Waals surface area contributed by atoms with Crippen LogP contribution in [-0.4, -0.2) is 34.2 Å². The van der Waals surface area contributed by atoms with Gasteiger partial charge in [0.25, 0.3) is 11.8 Å². The number of anilines is 1. The summed E-state index contributed by atoms with van der Waals surface area (Å²) >= 11 is 0. The first-order chi connectivity index (χ1) is 14.5. The third kappa shape index (κ3) is 4.22. The standard InChI is InChI=1S/C22H24N4O4/c1-15-13-20(25(2)24-15)26-12-6-9-18(22(26)28)23-21(27)19-11-10-17(30-19)14-29-16-7-4-3-5-8-16/h3-5,7-8,10-11,13,18H,6,9,12,14H2,1-2H3,(H,23,27). The molecule has 1 saturated heterocycles. The Morgan fingerprint density at radius 3 is 2.80 bits per heavy atom. The number of hydrogen-bond donors (Lipinski definition) is 1. The van der Waals surface area contributed by atoms with Crippen LogP contribution in [0.2, 0.25) is 0 Å². The summed E-state index contributed by atoms with van der Waals surface area (Å²) in [6.07, 6.45) is 1.37. The highest BCUT2D eigenvalue weighted by Crippen LogP contribution is 2.22. The van der Waals surface area contributed by atoms with Crippen molar-refractivity contribution in [3.8, 4) is 5.75 Å². The van der Waals surface area contributed by atoms with Gasteiger partial charge in [-0.25, -0.2) is 0 Å². The van der Waals surface area contributed by atoms with E-state index in [-0.39, 0.29) is 18.3 Å². The van der Waals surface area contributed by atoms with Gasteiger partial charge in [0.05, 0.1) is 5.69 Å². The van der Waals surface area contributed by atoms with Gasteiger partial charge in [0.15, 0.2) is 5.76 Å². The molecule has 2 amide bonds. The second kappa shape index (κ2) is 8.44. The van der Waals surface area contributed by atoms with E-state index in [0.717, 1.165) is 23.7 Å². The molecule has 0 spiro atoms. The van der Waals surface area contributed by atoms with Gasteiger partial charge in [-0.2, -0.15) is 5.10 Å². The van der Waals surface area contributed by atoms with Crippen LogP contribution >= 0.6 is 0 Å². The predicted octanol–water partition coefficient (Wildman–Crippen LogP) is 2.83. The molecule has 0 bridgehead atoms. The number of piperidine rings is 1. The molecule has 1 aliphatic heterocycles. The van der Waals surface area contributed by atoms with Crippen molar-refractivity contribution in [3.05, 3.63) is 65.7 Å². The molecular weight excluding hydrogens is 384 g/mol. The average Bonchev–Trinajstić information content (AvgIpc) is 3.35. The molecule has 1 aromatic carbocycles. The molecular formula is C22H24N4O4. The van der Waals surface area contributed by atoms with Crippen LogP contribution in [0, 0.1) is 6.92 Å². The molecule has 156 valence electrons. The van der Waals surface area contributed by atoms with Gasteiger partial charge < -0.3 is 14.5 Å². The first kappa shape index (κ1) is 19.8. The fourth-order valence-corrected chi connectivity index (χ4v) is 3.56. The van der Waals surface area contributed by atoms with Crippen molar-refractivity contribution in [2.75, 3.05) is 11.4 Å². The molecule has 1 unspecified atom stereocenters. The van der Waals surface area contributed by atoms with Gasteiger partial charge >= 0.3 is 0 Å². The van der Waals surface area contributed by atoms with Crippen LogP contribution in [-0.2, 0) is 18.4 Å². The maximum Gasteiger partial charge on any atom is 0.287 e. The summed E-state index contributed by atoms with van der Waals surface area (Å²) < 4.78 is 12.9. The Hall–Kier alpha value is -3.55. The van der Waals surface area contributed by atoms with Gasteiger partial charge in [0, 0.05) is 19.7 Å². The van der Waals surface area contributed by atoms with Crippen LogP contribution in [0.5, 0.6) is 5.75 Å². The summed E-state index contributed by atoms with van der Waals surface area (Å²) in [6.45, 7) is 2.70. The highest BCUT2D eigenvalue weighted by atomic mass is 16.5. The van der Waals surface area contributed by atoms with Gasteiger partial charge in [-0.1, -0.05) is 18.2 Å². The number of rotatable bonds is 6. The molecule has 1 aliphatic rings. The quantitative estimate of drug-likeness (QED) is 0.677. The highest BCUT2D eigenvalue weighted by Gasteiger charge is 2.33. The lowest BCUT2D eigenvalue weighted by Gasteiger charge is -2.32. The number of amides is 2. The minimum absolute atomic E-state index is 0.142. The van der Waals surface area contributed by atoms with Crippen LogP contribution in [0.1, 0.15) is 34.9 Å². The number of nitrogens with zero attached hydrogens (tertiary/aromatic N) is 3. The molecule has 4 rings (SSSR count). The third-order valence-corrected chi connectivity index (χ3v) is 5.01. The molecule has 3 heterocycles. The fourth-order valence-electron chi connectivity index (χ4n) is 3.56. The normalized spacial score (nSPS) is 16.5. The number of ether oxygens (including phenoxy) is 1. The summed E-state index contributed by atoms with van der Waals surface area (Å²) in [4.78, 5) is 27.2. The first-order valence-electron chi connectivity index (χ1n) is 9.91. The number of benzene rings is 1. The molecule has 0 radical (unpaired) electrons. The van der Waals surface area contributed by atoms with Crippen molar-refractivity contribution >= 4 is 17.6 Å². The topological polar surface area (TPSA) is 89.6 Å². The average molecular weight is 408 g/mol. The summed E-state index contributed by atoms with van der Waals surface area (Å²) in [5.41, 5.74) is 0.840. The number of nitrogens with one attached hydrogen (secondary N) is 1. The molecule has 8 heteroatoms. The van der Waals surface area contributed by atoms with Gasteiger partial charge in [0.1, 0.15) is 30.0 Å². The fraction of sp³-hybridized carbons (Fsp3) is 0.318. The van der Waals surface area contributed by atoms with Gasteiger partial charge in [-0.3, -0.25) is 19.2 Å². The molecule has 8 nitrogen and oxygen atoms in total. The second-order valence-electron chi connectivity index (χ2n) is 7.29. The Morgan fingerprint density at radius 2 is 2.07 bits per heavy atom. The van der Waals surface area contributed by atoms with E-state index in [1.807, 2.05) is 43.3 Å². The Balaban J connectivity index is 1.38. The zero-order chi connectivity index (χ0) is 21.1. The summed E-state index contributed by atoms with van der Waals surface area (Å²) in [7, 11) is 1.81. The number of aromatic nitrogens is 2. The number of furan rings is 1. The number of carbonyl (C=O) groups excluding carboxylic acids is 2. The minimum Gasteiger partial charge on any atom is -0.486 e. The predicted molar refractivity (Wildman–Crippen MR) is 110 cm³/mol. The van der Waals surface area contributed by atoms with E-state index in [1.54, 1.807) is 28.8 Å². The summed E-state index contributed by atoms with van der Waals surface area (Å²) in [5.74, 6) is 1.58. The maximum atomic E-state index is 12.9. The van der Waals surface area contributed by atoms with E-state index in [1.165, 1.54) is 0 Å². The first-order valence-corrected chi connectivity index (χ1v) is 9.91. The zero-order valence-corrected chi connectivity index (χ0v) is 17.0. The van der Waals surface area contributed by atoms with Crippen LogP contribution < -0.4 is 15.0 Å². The molecule has 2 aromatic heterocycles. The number of para-hydroxylation sites is 1. The van der Waals surface area contributed by atoms with Crippen molar-refractivity contribution in [3.63, 3.8) is 0 Å². The Bertz CT molecular complexity index is 1040. The zero-order valence-electron chi connectivity index (χ0n) is 17.0.